The number of halogens is 1. The molecule has 0 unspecified atom stereocenters. The van der Waals surface area contributed by atoms with Crippen molar-refractivity contribution < 1.29 is 28.5 Å². The Morgan fingerprint density at radius 1 is 0.894 bits per heavy atom. The Labute approximate surface area is 280 Å². The minimum Gasteiger partial charge on any atom is -0.497 e. The Hall–Kier alpha value is -4.74. The van der Waals surface area contributed by atoms with Crippen molar-refractivity contribution in [2.75, 3.05) is 57.8 Å². The molecular formula is C35H40ClN5O6. The van der Waals surface area contributed by atoms with Gasteiger partial charge in [0.25, 0.3) is 0 Å². The van der Waals surface area contributed by atoms with Crippen LogP contribution in [0.4, 0.5) is 22.2 Å². The zero-order valence-corrected chi connectivity index (χ0v) is 27.7. The molecule has 5 rings (SSSR count). The van der Waals surface area contributed by atoms with Crippen LogP contribution in [0.15, 0.2) is 72.9 Å². The van der Waals surface area contributed by atoms with E-state index in [-0.39, 0.29) is 24.1 Å². The second-order valence-corrected chi connectivity index (χ2v) is 11.4. The predicted molar refractivity (Wildman–Crippen MR) is 182 cm³/mol. The van der Waals surface area contributed by atoms with E-state index < -0.39 is 6.09 Å². The molecule has 1 amide bonds. The van der Waals surface area contributed by atoms with Crippen molar-refractivity contribution in [1.82, 2.24) is 14.9 Å². The summed E-state index contributed by atoms with van der Waals surface area (Å²) in [5.41, 5.74) is 1.41. The first-order valence-corrected chi connectivity index (χ1v) is 15.9. The molecular weight excluding hydrogens is 622 g/mol. The Morgan fingerprint density at radius 2 is 1.70 bits per heavy atom. The van der Waals surface area contributed by atoms with E-state index in [1.807, 2.05) is 24.3 Å². The highest BCUT2D eigenvalue weighted by Crippen LogP contribution is 2.32. The van der Waals surface area contributed by atoms with Gasteiger partial charge >= 0.3 is 6.09 Å². The highest BCUT2D eigenvalue weighted by Gasteiger charge is 2.24. The van der Waals surface area contributed by atoms with E-state index in [9.17, 15) is 4.79 Å². The van der Waals surface area contributed by atoms with Gasteiger partial charge in [0.2, 0.25) is 5.95 Å². The Balaban J connectivity index is 1.34. The van der Waals surface area contributed by atoms with Gasteiger partial charge in [-0.2, -0.15) is 4.98 Å². The lowest BCUT2D eigenvalue weighted by molar-refractivity contribution is 0.204. The summed E-state index contributed by atoms with van der Waals surface area (Å²) < 4.78 is 28.2. The molecule has 0 atom stereocenters. The number of ether oxygens (including phenoxy) is 5. The van der Waals surface area contributed by atoms with Gasteiger partial charge in [0.15, 0.2) is 11.5 Å². The van der Waals surface area contributed by atoms with Crippen molar-refractivity contribution in [2.45, 2.75) is 32.2 Å². The third-order valence-corrected chi connectivity index (χ3v) is 7.94. The van der Waals surface area contributed by atoms with Crippen LogP contribution in [0.2, 0.25) is 5.02 Å². The maximum absolute atomic E-state index is 13.8. The van der Waals surface area contributed by atoms with E-state index in [1.165, 1.54) is 44.4 Å². The molecule has 0 radical (unpaired) electrons. The molecule has 1 aliphatic rings. The van der Waals surface area contributed by atoms with Crippen LogP contribution < -0.4 is 33.9 Å². The van der Waals surface area contributed by atoms with Gasteiger partial charge in [-0.1, -0.05) is 24.1 Å². The third kappa shape index (κ3) is 9.40. The van der Waals surface area contributed by atoms with E-state index >= 15 is 0 Å². The SMILES string of the molecule is COc1ccc(OC)c(CN(C(=O)Oc2ccc(Cl)cc2OC)c2ccnc(Nc3cccc(OCCCN4CCCCC4)c3)n2)c1. The van der Waals surface area contributed by atoms with Gasteiger partial charge < -0.3 is 33.9 Å². The van der Waals surface area contributed by atoms with Gasteiger partial charge in [0, 0.05) is 41.1 Å². The van der Waals surface area contributed by atoms with E-state index in [0.717, 1.165) is 24.4 Å². The topological polar surface area (TPSA) is 108 Å². The molecule has 1 aliphatic heterocycles. The average molecular weight is 662 g/mol. The van der Waals surface area contributed by atoms with Gasteiger partial charge in [-0.25, -0.2) is 9.78 Å². The van der Waals surface area contributed by atoms with Crippen LogP contribution in [-0.4, -0.2) is 68.5 Å². The summed E-state index contributed by atoms with van der Waals surface area (Å²) in [6.07, 6.45) is 5.72. The number of hydrogen-bond donors (Lipinski definition) is 1. The molecule has 1 aromatic heterocycles. The second-order valence-electron chi connectivity index (χ2n) is 10.9. The molecule has 0 aliphatic carbocycles. The summed E-state index contributed by atoms with van der Waals surface area (Å²) in [6.45, 7) is 4.08. The van der Waals surface area contributed by atoms with Gasteiger partial charge in [-0.3, -0.25) is 4.90 Å². The zero-order chi connectivity index (χ0) is 33.0. The highest BCUT2D eigenvalue weighted by atomic mass is 35.5. The predicted octanol–water partition coefficient (Wildman–Crippen LogP) is 7.36. The molecule has 1 N–H and O–H groups in total. The van der Waals surface area contributed by atoms with Crippen LogP contribution in [0.1, 0.15) is 31.2 Å². The fourth-order valence-corrected chi connectivity index (χ4v) is 5.47. The summed E-state index contributed by atoms with van der Waals surface area (Å²) in [7, 11) is 4.61. The number of anilines is 3. The molecule has 47 heavy (non-hydrogen) atoms. The van der Waals surface area contributed by atoms with E-state index in [2.05, 4.69) is 20.2 Å². The molecule has 2 heterocycles. The average Bonchev–Trinajstić information content (AvgIpc) is 3.10. The molecule has 1 fully saturated rings. The molecule has 3 aromatic carbocycles. The van der Waals surface area contributed by atoms with Crippen LogP contribution in [0.3, 0.4) is 0 Å². The van der Waals surface area contributed by atoms with E-state index in [1.54, 1.807) is 62.9 Å². The number of methoxy groups -OCH3 is 3. The minimum absolute atomic E-state index is 0.0479. The zero-order valence-electron chi connectivity index (χ0n) is 26.9. The number of aromatic nitrogens is 2. The number of likely N-dealkylation sites (tertiary alicyclic amines) is 1. The van der Waals surface area contributed by atoms with E-state index in [0.29, 0.717) is 34.4 Å². The number of carbonyl (C=O) groups excluding carboxylic acids is 1. The first-order chi connectivity index (χ1) is 22.9. The lowest BCUT2D eigenvalue weighted by Gasteiger charge is -2.26. The number of nitrogens with zero attached hydrogens (tertiary/aromatic N) is 4. The molecule has 0 spiro atoms. The summed E-state index contributed by atoms with van der Waals surface area (Å²) in [5, 5.41) is 3.67. The quantitative estimate of drug-likeness (QED) is 0.138. The smallest absolute Gasteiger partial charge is 0.421 e. The van der Waals surface area contributed by atoms with Crippen LogP contribution in [0.5, 0.6) is 28.7 Å². The van der Waals surface area contributed by atoms with Crippen LogP contribution >= 0.6 is 11.6 Å². The van der Waals surface area contributed by atoms with Gasteiger partial charge in [-0.05, 0) is 80.9 Å². The maximum Gasteiger partial charge on any atom is 0.421 e. The van der Waals surface area contributed by atoms with Gasteiger partial charge in [-0.15, -0.1) is 0 Å². The molecule has 0 bridgehead atoms. The summed E-state index contributed by atoms with van der Waals surface area (Å²) in [4.78, 5) is 26.8. The number of carbonyl (C=O) groups is 1. The van der Waals surface area contributed by atoms with Crippen LogP contribution in [0.25, 0.3) is 0 Å². The second kappa shape index (κ2) is 16.7. The Bertz CT molecular complexity index is 1630. The fourth-order valence-electron chi connectivity index (χ4n) is 5.30. The molecule has 11 nitrogen and oxygen atoms in total. The molecule has 248 valence electrons. The van der Waals surface area contributed by atoms with Crippen molar-refractivity contribution in [3.8, 4) is 28.7 Å². The Kier molecular flexibility index (Phi) is 12.0. The van der Waals surface area contributed by atoms with E-state index in [4.69, 9.17) is 35.3 Å². The number of rotatable bonds is 14. The monoisotopic (exact) mass is 661 g/mol. The summed E-state index contributed by atoms with van der Waals surface area (Å²) in [6, 6.07) is 19.4. The third-order valence-electron chi connectivity index (χ3n) is 7.70. The number of amides is 1. The van der Waals surface area contributed by atoms with Crippen LogP contribution in [-0.2, 0) is 6.54 Å². The number of benzene rings is 3. The standard InChI is InChI=1S/C35H40ClN5O6/c1-43-28-12-14-30(44-2)25(21-28)24-41(35(42)47-31-13-11-26(36)22-32(31)45-3)33-15-16-37-34(39-33)38-27-9-7-10-29(23-27)46-20-8-19-40-17-5-4-6-18-40/h7,9-16,21-23H,4-6,8,17-20,24H2,1-3H3,(H,37,38,39). The molecule has 4 aromatic rings. The minimum atomic E-state index is -0.708. The summed E-state index contributed by atoms with van der Waals surface area (Å²) in [5.74, 6) is 2.99. The van der Waals surface area contributed by atoms with Gasteiger partial charge in [0.05, 0.1) is 34.5 Å². The fraction of sp³-hybridized carbons (Fsp3) is 0.343. The van der Waals surface area contributed by atoms with Gasteiger partial charge in [0.1, 0.15) is 23.1 Å². The van der Waals surface area contributed by atoms with Crippen molar-refractivity contribution >= 4 is 35.1 Å². The first kappa shape index (κ1) is 33.6. The normalized spacial score (nSPS) is 13.0. The number of hydrogen-bond acceptors (Lipinski definition) is 10. The Morgan fingerprint density at radius 3 is 2.49 bits per heavy atom. The summed E-state index contributed by atoms with van der Waals surface area (Å²) >= 11 is 6.12. The largest absolute Gasteiger partial charge is 0.497 e. The highest BCUT2D eigenvalue weighted by molar-refractivity contribution is 6.30. The lowest BCUT2D eigenvalue weighted by atomic mass is 10.1. The van der Waals surface area contributed by atoms with Crippen molar-refractivity contribution in [3.05, 3.63) is 83.5 Å². The first-order valence-electron chi connectivity index (χ1n) is 15.5. The van der Waals surface area contributed by atoms with Crippen molar-refractivity contribution in [1.29, 1.82) is 0 Å². The molecule has 0 saturated carbocycles. The van der Waals surface area contributed by atoms with Crippen LogP contribution in [0, 0.1) is 0 Å². The number of piperidine rings is 1. The number of nitrogens with one attached hydrogen (secondary N) is 1. The lowest BCUT2D eigenvalue weighted by Crippen LogP contribution is -2.34. The molecule has 12 heteroatoms. The molecule has 1 saturated heterocycles. The maximum atomic E-state index is 13.8. The van der Waals surface area contributed by atoms with Crippen molar-refractivity contribution in [3.63, 3.8) is 0 Å². The van der Waals surface area contributed by atoms with Crippen molar-refractivity contribution in [2.24, 2.45) is 0 Å².